The van der Waals surface area contributed by atoms with Crippen LogP contribution < -0.4 is 0 Å². The normalized spacial score (nSPS) is 21.0. The van der Waals surface area contributed by atoms with E-state index in [0.29, 0.717) is 28.7 Å². The van der Waals surface area contributed by atoms with Gasteiger partial charge in [-0.15, -0.1) is 0 Å². The SMILES string of the molecule is Cc1nn2cccnc2c1C(=O)OCC(=O)N1CC(C)CC(C)C1. The molecular formula is C17H22N4O3. The number of likely N-dealkylation sites (tertiary alicyclic amines) is 1. The zero-order valence-corrected chi connectivity index (χ0v) is 14.2. The van der Waals surface area contributed by atoms with Crippen LogP contribution in [0.5, 0.6) is 0 Å². The molecule has 1 fully saturated rings. The predicted octanol–water partition coefficient (Wildman–Crippen LogP) is 1.70. The van der Waals surface area contributed by atoms with E-state index in [1.807, 2.05) is 0 Å². The van der Waals surface area contributed by atoms with Gasteiger partial charge < -0.3 is 9.64 Å². The van der Waals surface area contributed by atoms with Crippen molar-refractivity contribution in [1.82, 2.24) is 19.5 Å². The maximum absolute atomic E-state index is 12.4. The molecule has 7 nitrogen and oxygen atoms in total. The maximum Gasteiger partial charge on any atom is 0.344 e. The van der Waals surface area contributed by atoms with Crippen LogP contribution in [0.15, 0.2) is 18.5 Å². The summed E-state index contributed by atoms with van der Waals surface area (Å²) in [4.78, 5) is 30.6. The van der Waals surface area contributed by atoms with Crippen LogP contribution in [-0.4, -0.2) is 51.1 Å². The minimum absolute atomic E-state index is 0.149. The lowest BCUT2D eigenvalue weighted by molar-refractivity contribution is -0.137. The summed E-state index contributed by atoms with van der Waals surface area (Å²) in [6.07, 6.45) is 4.43. The number of aromatic nitrogens is 3. The fourth-order valence-corrected chi connectivity index (χ4v) is 3.39. The number of esters is 1. The van der Waals surface area contributed by atoms with Gasteiger partial charge in [0.2, 0.25) is 0 Å². The molecule has 3 heterocycles. The quantitative estimate of drug-likeness (QED) is 0.801. The third-order valence-electron chi connectivity index (χ3n) is 4.32. The fourth-order valence-electron chi connectivity index (χ4n) is 3.39. The molecule has 2 aromatic rings. The summed E-state index contributed by atoms with van der Waals surface area (Å²) in [6.45, 7) is 7.19. The van der Waals surface area contributed by atoms with Crippen molar-refractivity contribution in [1.29, 1.82) is 0 Å². The van der Waals surface area contributed by atoms with Crippen molar-refractivity contribution in [2.24, 2.45) is 11.8 Å². The zero-order chi connectivity index (χ0) is 17.3. The highest BCUT2D eigenvalue weighted by Gasteiger charge is 2.27. The number of piperidine rings is 1. The number of carbonyl (C=O) groups is 2. The molecule has 2 aromatic heterocycles. The number of fused-ring (bicyclic) bond motifs is 1. The molecule has 1 aliphatic heterocycles. The first-order valence-corrected chi connectivity index (χ1v) is 8.20. The second-order valence-corrected chi connectivity index (χ2v) is 6.67. The summed E-state index contributed by atoms with van der Waals surface area (Å²) in [6, 6.07) is 1.73. The Hall–Kier alpha value is -2.44. The molecule has 3 rings (SSSR count). The van der Waals surface area contributed by atoms with Crippen LogP contribution in [0.3, 0.4) is 0 Å². The van der Waals surface area contributed by atoms with E-state index in [0.717, 1.165) is 19.5 Å². The first-order valence-electron chi connectivity index (χ1n) is 8.20. The largest absolute Gasteiger partial charge is 0.452 e. The van der Waals surface area contributed by atoms with Crippen molar-refractivity contribution in [3.8, 4) is 0 Å². The number of aryl methyl sites for hydroxylation is 1. The molecule has 7 heteroatoms. The Morgan fingerprint density at radius 3 is 2.71 bits per heavy atom. The predicted molar refractivity (Wildman–Crippen MR) is 87.5 cm³/mol. The van der Waals surface area contributed by atoms with E-state index in [1.54, 1.807) is 30.3 Å². The molecule has 1 amide bonds. The average Bonchev–Trinajstić information content (AvgIpc) is 2.87. The van der Waals surface area contributed by atoms with E-state index < -0.39 is 5.97 Å². The molecule has 1 aliphatic rings. The van der Waals surface area contributed by atoms with Crippen LogP contribution in [-0.2, 0) is 9.53 Å². The van der Waals surface area contributed by atoms with E-state index >= 15 is 0 Å². The number of ether oxygens (including phenoxy) is 1. The summed E-state index contributed by atoms with van der Waals surface area (Å²) in [7, 11) is 0. The van der Waals surface area contributed by atoms with Gasteiger partial charge in [-0.3, -0.25) is 4.79 Å². The van der Waals surface area contributed by atoms with Crippen molar-refractivity contribution in [3.63, 3.8) is 0 Å². The van der Waals surface area contributed by atoms with Gasteiger partial charge in [-0.1, -0.05) is 13.8 Å². The molecule has 0 aromatic carbocycles. The van der Waals surface area contributed by atoms with E-state index in [-0.39, 0.29) is 12.5 Å². The van der Waals surface area contributed by atoms with Crippen LogP contribution in [0.25, 0.3) is 5.65 Å². The smallest absolute Gasteiger partial charge is 0.344 e. The second-order valence-electron chi connectivity index (χ2n) is 6.67. The minimum Gasteiger partial charge on any atom is -0.452 e. The summed E-state index contributed by atoms with van der Waals surface area (Å²) < 4.78 is 6.77. The maximum atomic E-state index is 12.4. The van der Waals surface area contributed by atoms with E-state index in [4.69, 9.17) is 4.74 Å². The molecule has 2 atom stereocenters. The molecule has 0 aliphatic carbocycles. The highest BCUT2D eigenvalue weighted by molar-refractivity contribution is 5.98. The van der Waals surface area contributed by atoms with Crippen molar-refractivity contribution < 1.29 is 14.3 Å². The molecule has 128 valence electrons. The number of nitrogens with zero attached hydrogens (tertiary/aromatic N) is 4. The van der Waals surface area contributed by atoms with Crippen LogP contribution >= 0.6 is 0 Å². The Labute approximate surface area is 140 Å². The summed E-state index contributed by atoms with van der Waals surface area (Å²) >= 11 is 0. The Bertz CT molecular complexity index is 760. The van der Waals surface area contributed by atoms with Gasteiger partial charge in [0.15, 0.2) is 12.3 Å². The van der Waals surface area contributed by atoms with E-state index in [2.05, 4.69) is 23.9 Å². The lowest BCUT2D eigenvalue weighted by atomic mass is 9.92. The number of amides is 1. The summed E-state index contributed by atoms with van der Waals surface area (Å²) in [5, 5.41) is 4.23. The zero-order valence-electron chi connectivity index (χ0n) is 14.2. The summed E-state index contributed by atoms with van der Waals surface area (Å²) in [5.41, 5.74) is 1.28. The van der Waals surface area contributed by atoms with Gasteiger partial charge in [-0.25, -0.2) is 14.3 Å². The number of rotatable bonds is 3. The van der Waals surface area contributed by atoms with Crippen LogP contribution in [0.1, 0.15) is 36.3 Å². The first kappa shape index (κ1) is 16.4. The van der Waals surface area contributed by atoms with Crippen LogP contribution in [0.4, 0.5) is 0 Å². The third-order valence-corrected chi connectivity index (χ3v) is 4.32. The monoisotopic (exact) mass is 330 g/mol. The summed E-state index contributed by atoms with van der Waals surface area (Å²) in [5.74, 6) is 0.232. The van der Waals surface area contributed by atoms with Gasteiger partial charge >= 0.3 is 5.97 Å². The fraction of sp³-hybridized carbons (Fsp3) is 0.529. The van der Waals surface area contributed by atoms with Crippen molar-refractivity contribution >= 4 is 17.5 Å². The van der Waals surface area contributed by atoms with E-state index in [1.165, 1.54) is 4.52 Å². The van der Waals surface area contributed by atoms with Crippen LogP contribution in [0.2, 0.25) is 0 Å². The Morgan fingerprint density at radius 2 is 2.00 bits per heavy atom. The number of hydrogen-bond donors (Lipinski definition) is 0. The highest BCUT2D eigenvalue weighted by atomic mass is 16.5. The van der Waals surface area contributed by atoms with Gasteiger partial charge in [0.1, 0.15) is 5.56 Å². The lowest BCUT2D eigenvalue weighted by Crippen LogP contribution is -2.44. The van der Waals surface area contributed by atoms with Crippen molar-refractivity contribution in [2.75, 3.05) is 19.7 Å². The Morgan fingerprint density at radius 1 is 1.29 bits per heavy atom. The molecule has 0 saturated carbocycles. The molecule has 0 N–H and O–H groups in total. The van der Waals surface area contributed by atoms with Gasteiger partial charge in [-0.05, 0) is 31.2 Å². The molecule has 2 unspecified atom stereocenters. The van der Waals surface area contributed by atoms with Crippen molar-refractivity contribution in [2.45, 2.75) is 27.2 Å². The minimum atomic E-state index is -0.562. The third kappa shape index (κ3) is 3.25. The molecule has 0 radical (unpaired) electrons. The second kappa shape index (κ2) is 6.59. The van der Waals surface area contributed by atoms with Gasteiger partial charge in [0, 0.05) is 25.5 Å². The molecular weight excluding hydrogens is 308 g/mol. The van der Waals surface area contributed by atoms with Gasteiger partial charge in [-0.2, -0.15) is 5.10 Å². The van der Waals surface area contributed by atoms with Crippen molar-refractivity contribution in [3.05, 3.63) is 29.7 Å². The average molecular weight is 330 g/mol. The number of carbonyl (C=O) groups excluding carboxylic acids is 2. The Kier molecular flexibility index (Phi) is 4.51. The highest BCUT2D eigenvalue weighted by Crippen LogP contribution is 2.21. The molecule has 1 saturated heterocycles. The van der Waals surface area contributed by atoms with Crippen LogP contribution in [0, 0.1) is 18.8 Å². The molecule has 0 bridgehead atoms. The number of hydrogen-bond acceptors (Lipinski definition) is 5. The lowest BCUT2D eigenvalue weighted by Gasteiger charge is -2.34. The van der Waals surface area contributed by atoms with Gasteiger partial charge in [0.25, 0.3) is 5.91 Å². The van der Waals surface area contributed by atoms with E-state index in [9.17, 15) is 9.59 Å². The topological polar surface area (TPSA) is 76.8 Å². The standard InChI is InChI=1S/C17H22N4O3/c1-11-7-12(2)9-20(8-11)14(22)10-24-17(23)15-13(3)19-21-6-4-5-18-16(15)21/h4-6,11-12H,7-10H2,1-3H3. The Balaban J connectivity index is 1.67. The molecule has 24 heavy (non-hydrogen) atoms. The van der Waals surface area contributed by atoms with Gasteiger partial charge in [0.05, 0.1) is 5.69 Å². The first-order chi connectivity index (χ1) is 11.5. The molecule has 0 spiro atoms.